The van der Waals surface area contributed by atoms with Crippen molar-refractivity contribution in [3.63, 3.8) is 0 Å². The molecule has 0 radical (unpaired) electrons. The van der Waals surface area contributed by atoms with E-state index in [1.54, 1.807) is 42.5 Å². The van der Waals surface area contributed by atoms with Crippen molar-refractivity contribution in [3.05, 3.63) is 124 Å². The maximum absolute atomic E-state index is 12.8. The molecule has 1 aliphatic heterocycles. The summed E-state index contributed by atoms with van der Waals surface area (Å²) in [5.41, 5.74) is 10.6. The lowest BCUT2D eigenvalue weighted by Crippen LogP contribution is -2.21. The third-order valence-corrected chi connectivity index (χ3v) is 6.98. The van der Waals surface area contributed by atoms with Gasteiger partial charge in [0.1, 0.15) is 35.5 Å². The summed E-state index contributed by atoms with van der Waals surface area (Å²) in [6, 6.07) is 27.7. The van der Waals surface area contributed by atoms with E-state index in [1.165, 1.54) is 5.56 Å². The Morgan fingerprint density at radius 3 is 2.34 bits per heavy atom. The van der Waals surface area contributed by atoms with Crippen LogP contribution in [0.2, 0.25) is 0 Å². The van der Waals surface area contributed by atoms with Crippen LogP contribution in [0.3, 0.4) is 0 Å². The van der Waals surface area contributed by atoms with Crippen LogP contribution < -0.4 is 29.4 Å². The quantitative estimate of drug-likeness (QED) is 0.152. The third-order valence-electron chi connectivity index (χ3n) is 6.98. The van der Waals surface area contributed by atoms with Crippen LogP contribution in [0.5, 0.6) is 28.7 Å². The van der Waals surface area contributed by atoms with Crippen molar-refractivity contribution in [3.8, 4) is 34.8 Å². The van der Waals surface area contributed by atoms with Crippen LogP contribution in [0.4, 0.5) is 0 Å². The number of benzene rings is 4. The van der Waals surface area contributed by atoms with Crippen molar-refractivity contribution in [1.82, 2.24) is 0 Å². The largest absolute Gasteiger partial charge is 0.491 e. The fraction of sp³-hybridized carbons (Fsp3) is 0.222. The number of carbonyl (C=O) groups is 1. The predicted octanol–water partition coefficient (Wildman–Crippen LogP) is 7.20. The number of carbonyl (C=O) groups excluding carboxylic acids is 1. The molecule has 224 valence electrons. The summed E-state index contributed by atoms with van der Waals surface area (Å²) in [4.78, 5) is 12.8. The molecule has 8 nitrogen and oxygen atoms in total. The monoisotopic (exact) mass is 590 g/mol. The van der Waals surface area contributed by atoms with Crippen LogP contribution >= 0.6 is 0 Å². The Hall–Kier alpha value is -5.42. The van der Waals surface area contributed by atoms with Gasteiger partial charge in [0, 0.05) is 11.6 Å². The van der Waals surface area contributed by atoms with Gasteiger partial charge in [-0.15, -0.1) is 0 Å². The third kappa shape index (κ3) is 6.79. The van der Waals surface area contributed by atoms with E-state index >= 15 is 0 Å². The Balaban J connectivity index is 1.40. The van der Waals surface area contributed by atoms with Gasteiger partial charge in [-0.2, -0.15) is 5.26 Å². The fourth-order valence-corrected chi connectivity index (χ4v) is 4.89. The molecule has 0 amide bonds. The first-order chi connectivity index (χ1) is 21.2. The molecule has 0 saturated carbocycles. The highest BCUT2D eigenvalue weighted by molar-refractivity contribution is 5.91. The smallest absolute Gasteiger partial charge is 0.343 e. The SMILES string of the molecule is CCOc1cc(C2C(C#N)=C(N)Oc3cc(OC(=O)c4ccc(OC(C)C)cc4)ccc32)ccc1OCc1ccc(C)cc1. The Morgan fingerprint density at radius 2 is 1.66 bits per heavy atom. The van der Waals surface area contributed by atoms with Gasteiger partial charge in [-0.1, -0.05) is 42.0 Å². The predicted molar refractivity (Wildman–Crippen MR) is 166 cm³/mol. The zero-order chi connectivity index (χ0) is 31.2. The Labute approximate surface area is 257 Å². The van der Waals surface area contributed by atoms with Crippen molar-refractivity contribution in [2.75, 3.05) is 6.61 Å². The van der Waals surface area contributed by atoms with Crippen molar-refractivity contribution >= 4 is 5.97 Å². The summed E-state index contributed by atoms with van der Waals surface area (Å²) in [7, 11) is 0. The molecular formula is C36H34N2O6. The van der Waals surface area contributed by atoms with Crippen LogP contribution in [0, 0.1) is 18.3 Å². The number of hydrogen-bond donors (Lipinski definition) is 1. The van der Waals surface area contributed by atoms with Crippen LogP contribution in [0.15, 0.2) is 96.4 Å². The van der Waals surface area contributed by atoms with E-state index in [1.807, 2.05) is 70.2 Å². The first kappa shape index (κ1) is 30.1. The molecule has 0 fully saturated rings. The van der Waals surface area contributed by atoms with Crippen molar-refractivity contribution in [2.45, 2.75) is 46.3 Å². The first-order valence-corrected chi connectivity index (χ1v) is 14.4. The number of rotatable bonds is 10. The van der Waals surface area contributed by atoms with Gasteiger partial charge in [0.25, 0.3) is 0 Å². The number of aryl methyl sites for hydroxylation is 1. The average molecular weight is 591 g/mol. The van der Waals surface area contributed by atoms with Gasteiger partial charge in [0.15, 0.2) is 11.5 Å². The number of ether oxygens (including phenoxy) is 5. The molecule has 5 rings (SSSR count). The Morgan fingerprint density at radius 1 is 0.932 bits per heavy atom. The van der Waals surface area contributed by atoms with E-state index in [0.717, 1.165) is 11.1 Å². The number of esters is 1. The van der Waals surface area contributed by atoms with Crippen molar-refractivity contribution in [1.29, 1.82) is 5.26 Å². The van der Waals surface area contributed by atoms with E-state index in [2.05, 4.69) is 6.07 Å². The standard InChI is InChI=1S/C36H34N2O6/c1-5-40-33-18-26(12-17-31(33)41-21-24-8-6-23(4)7-9-24)34-29-16-15-28(19-32(29)44-35(38)30(34)20-37)43-36(39)25-10-13-27(14-11-25)42-22(2)3/h6-19,22,34H,5,21,38H2,1-4H3. The van der Waals surface area contributed by atoms with Gasteiger partial charge in [0.05, 0.1) is 24.2 Å². The molecule has 1 unspecified atom stereocenters. The first-order valence-electron chi connectivity index (χ1n) is 14.4. The Kier molecular flexibility index (Phi) is 9.06. The van der Waals surface area contributed by atoms with Crippen molar-refractivity contribution < 1.29 is 28.5 Å². The highest BCUT2D eigenvalue weighted by atomic mass is 16.5. The minimum atomic E-state index is -0.535. The molecule has 8 heteroatoms. The molecule has 0 saturated heterocycles. The fourth-order valence-electron chi connectivity index (χ4n) is 4.89. The van der Waals surface area contributed by atoms with Crippen LogP contribution in [0.1, 0.15) is 59.3 Å². The maximum Gasteiger partial charge on any atom is 0.343 e. The molecule has 1 heterocycles. The van der Waals surface area contributed by atoms with E-state index in [-0.39, 0.29) is 23.3 Å². The second-order valence-electron chi connectivity index (χ2n) is 10.6. The second kappa shape index (κ2) is 13.3. The lowest BCUT2D eigenvalue weighted by atomic mass is 9.83. The summed E-state index contributed by atoms with van der Waals surface area (Å²) >= 11 is 0. The minimum Gasteiger partial charge on any atom is -0.491 e. The van der Waals surface area contributed by atoms with Gasteiger partial charge >= 0.3 is 5.97 Å². The number of allylic oxidation sites excluding steroid dienone is 1. The summed E-state index contributed by atoms with van der Waals surface area (Å²) < 4.78 is 29.2. The molecule has 0 bridgehead atoms. The zero-order valence-corrected chi connectivity index (χ0v) is 25.1. The van der Waals surface area contributed by atoms with E-state index in [4.69, 9.17) is 29.4 Å². The Bertz CT molecular complexity index is 1720. The molecule has 2 N–H and O–H groups in total. The van der Waals surface area contributed by atoms with Gasteiger partial charge in [-0.05, 0) is 81.3 Å². The highest BCUT2D eigenvalue weighted by Crippen LogP contribution is 2.45. The number of nitrogens with zero attached hydrogens (tertiary/aromatic N) is 1. The molecule has 44 heavy (non-hydrogen) atoms. The van der Waals surface area contributed by atoms with Crippen molar-refractivity contribution in [2.24, 2.45) is 5.73 Å². The molecule has 1 atom stereocenters. The number of nitrogens with two attached hydrogens (primary N) is 1. The summed E-state index contributed by atoms with van der Waals surface area (Å²) in [5.74, 6) is 1.38. The molecule has 4 aromatic carbocycles. The molecule has 4 aromatic rings. The summed E-state index contributed by atoms with van der Waals surface area (Å²) in [6.45, 7) is 8.62. The van der Waals surface area contributed by atoms with Crippen LogP contribution in [-0.2, 0) is 6.61 Å². The highest BCUT2D eigenvalue weighted by Gasteiger charge is 2.32. The second-order valence-corrected chi connectivity index (χ2v) is 10.6. The van der Waals surface area contributed by atoms with E-state index < -0.39 is 11.9 Å². The van der Waals surface area contributed by atoms with Gasteiger partial charge in [-0.3, -0.25) is 0 Å². The summed E-state index contributed by atoms with van der Waals surface area (Å²) in [5, 5.41) is 10.0. The molecule has 1 aliphatic rings. The van der Waals surface area contributed by atoms with E-state index in [0.29, 0.717) is 47.3 Å². The van der Waals surface area contributed by atoms with Gasteiger partial charge < -0.3 is 29.4 Å². The van der Waals surface area contributed by atoms with Crippen LogP contribution in [-0.4, -0.2) is 18.7 Å². The lowest BCUT2D eigenvalue weighted by Gasteiger charge is -2.27. The number of hydrogen-bond acceptors (Lipinski definition) is 8. The van der Waals surface area contributed by atoms with Crippen LogP contribution in [0.25, 0.3) is 0 Å². The maximum atomic E-state index is 12.8. The molecule has 0 spiro atoms. The molecule has 0 aromatic heterocycles. The normalized spacial score (nSPS) is 13.9. The van der Waals surface area contributed by atoms with Gasteiger partial charge in [-0.25, -0.2) is 4.79 Å². The average Bonchev–Trinajstić information content (AvgIpc) is 3.00. The van der Waals surface area contributed by atoms with E-state index in [9.17, 15) is 10.1 Å². The topological polar surface area (TPSA) is 113 Å². The number of fused-ring (bicyclic) bond motifs is 1. The zero-order valence-electron chi connectivity index (χ0n) is 25.1. The molecule has 0 aliphatic carbocycles. The molecular weight excluding hydrogens is 556 g/mol. The number of nitriles is 1. The lowest BCUT2D eigenvalue weighted by molar-refractivity contribution is 0.0734. The summed E-state index contributed by atoms with van der Waals surface area (Å²) in [6.07, 6.45) is 0.0243. The van der Waals surface area contributed by atoms with Gasteiger partial charge in [0.2, 0.25) is 5.88 Å². The minimum absolute atomic E-state index is 0.0214.